The van der Waals surface area contributed by atoms with Crippen molar-refractivity contribution in [3.05, 3.63) is 70.1 Å². The number of thioether (sulfide) groups is 2. The molecule has 0 saturated heterocycles. The molecule has 6 nitrogen and oxygen atoms in total. The highest BCUT2D eigenvalue weighted by Gasteiger charge is 2.27. The highest BCUT2D eigenvalue weighted by Crippen LogP contribution is 2.35. The van der Waals surface area contributed by atoms with Gasteiger partial charge in [0.1, 0.15) is 5.75 Å². The molecule has 0 bridgehead atoms. The number of hydrogen-bond donors (Lipinski definition) is 1. The largest absolute Gasteiger partial charge is 0.494 e. The molecule has 1 aromatic heterocycles. The molecule has 0 saturated carbocycles. The van der Waals surface area contributed by atoms with E-state index in [-0.39, 0.29) is 17.2 Å². The molecule has 0 radical (unpaired) electrons. The lowest BCUT2D eigenvalue weighted by molar-refractivity contribution is -0.113. The summed E-state index contributed by atoms with van der Waals surface area (Å²) in [7, 11) is 0. The molecule has 1 atom stereocenters. The van der Waals surface area contributed by atoms with Crippen molar-refractivity contribution in [1.82, 2.24) is 9.55 Å². The maximum absolute atomic E-state index is 13.3. The number of nitrogens with one attached hydrogen (secondary N) is 1. The van der Waals surface area contributed by atoms with Gasteiger partial charge in [0.2, 0.25) is 5.91 Å². The maximum Gasteiger partial charge on any atom is 0.272 e. The minimum absolute atomic E-state index is 0.0670. The fraction of sp³-hybridized carbons (Fsp3) is 0.292. The van der Waals surface area contributed by atoms with Crippen LogP contribution < -0.4 is 15.6 Å². The van der Waals surface area contributed by atoms with Crippen molar-refractivity contribution in [2.45, 2.75) is 42.5 Å². The van der Waals surface area contributed by atoms with Crippen LogP contribution in [0.15, 0.2) is 63.4 Å². The molecule has 2 heterocycles. The number of fused-ring (bicyclic) bond motifs is 1. The van der Waals surface area contributed by atoms with Gasteiger partial charge in [-0.3, -0.25) is 14.2 Å². The molecular formula is C24H25N3O3S2. The minimum Gasteiger partial charge on any atom is -0.494 e. The van der Waals surface area contributed by atoms with E-state index >= 15 is 0 Å². The Morgan fingerprint density at radius 2 is 1.94 bits per heavy atom. The van der Waals surface area contributed by atoms with E-state index in [0.717, 1.165) is 29.1 Å². The van der Waals surface area contributed by atoms with E-state index in [0.29, 0.717) is 27.6 Å². The number of aryl methyl sites for hydroxylation is 1. The summed E-state index contributed by atoms with van der Waals surface area (Å²) < 4.78 is 7.05. The van der Waals surface area contributed by atoms with Gasteiger partial charge in [0.05, 0.1) is 28.6 Å². The number of nitrogens with zero attached hydrogens (tertiary/aromatic N) is 2. The quantitative estimate of drug-likeness (QED) is 0.401. The predicted octanol–water partition coefficient (Wildman–Crippen LogP) is 4.71. The topological polar surface area (TPSA) is 73.2 Å². The average molecular weight is 468 g/mol. The van der Waals surface area contributed by atoms with Crippen LogP contribution in [-0.2, 0) is 11.2 Å². The van der Waals surface area contributed by atoms with Crippen molar-refractivity contribution in [3.63, 3.8) is 0 Å². The van der Waals surface area contributed by atoms with Crippen molar-refractivity contribution in [3.8, 4) is 11.4 Å². The number of rotatable bonds is 7. The van der Waals surface area contributed by atoms with Gasteiger partial charge in [-0.25, -0.2) is 4.98 Å². The van der Waals surface area contributed by atoms with Crippen LogP contribution in [0.25, 0.3) is 5.69 Å². The summed E-state index contributed by atoms with van der Waals surface area (Å²) in [5.41, 5.74) is 3.32. The first-order chi connectivity index (χ1) is 15.4. The molecule has 0 aliphatic carbocycles. The molecular weight excluding hydrogens is 442 g/mol. The number of carbonyl (C=O) groups excluding carboxylic acids is 1. The monoisotopic (exact) mass is 467 g/mol. The molecule has 8 heteroatoms. The summed E-state index contributed by atoms with van der Waals surface area (Å²) in [6, 6.07) is 15.0. The lowest BCUT2D eigenvalue weighted by Crippen LogP contribution is -2.24. The second-order valence-corrected chi connectivity index (χ2v) is 9.96. The second-order valence-electron chi connectivity index (χ2n) is 7.57. The van der Waals surface area contributed by atoms with Crippen LogP contribution >= 0.6 is 23.5 Å². The van der Waals surface area contributed by atoms with E-state index in [1.54, 1.807) is 16.3 Å². The summed E-state index contributed by atoms with van der Waals surface area (Å²) in [6.07, 6.45) is 0.760. The Balaban J connectivity index is 1.55. The zero-order valence-electron chi connectivity index (χ0n) is 18.3. The fourth-order valence-electron chi connectivity index (χ4n) is 3.45. The number of hydrogen-bond acceptors (Lipinski definition) is 6. The first-order valence-corrected chi connectivity index (χ1v) is 12.4. The summed E-state index contributed by atoms with van der Waals surface area (Å²) in [6.45, 7) is 6.62. The molecule has 0 fully saturated rings. The molecule has 1 N–H and O–H groups in total. The zero-order chi connectivity index (χ0) is 22.7. The Morgan fingerprint density at radius 3 is 2.62 bits per heavy atom. The number of aromatic nitrogens is 2. The summed E-state index contributed by atoms with van der Waals surface area (Å²) >= 11 is 2.85. The smallest absolute Gasteiger partial charge is 0.272 e. The van der Waals surface area contributed by atoms with Crippen molar-refractivity contribution in [1.29, 1.82) is 0 Å². The number of anilines is 1. The third kappa shape index (κ3) is 5.02. The number of benzene rings is 2. The van der Waals surface area contributed by atoms with Gasteiger partial charge in [-0.1, -0.05) is 36.4 Å². The van der Waals surface area contributed by atoms with E-state index in [4.69, 9.17) is 9.72 Å². The fourth-order valence-corrected chi connectivity index (χ4v) is 5.37. The van der Waals surface area contributed by atoms with Gasteiger partial charge < -0.3 is 10.1 Å². The van der Waals surface area contributed by atoms with Crippen LogP contribution in [0.4, 0.5) is 5.69 Å². The molecule has 166 valence electrons. The van der Waals surface area contributed by atoms with Gasteiger partial charge in [-0.15, -0.1) is 11.8 Å². The molecule has 3 aromatic rings. The Labute approximate surface area is 195 Å². The molecule has 32 heavy (non-hydrogen) atoms. The van der Waals surface area contributed by atoms with Crippen molar-refractivity contribution in [2.24, 2.45) is 0 Å². The van der Waals surface area contributed by atoms with E-state index in [1.807, 2.05) is 62.4 Å². The van der Waals surface area contributed by atoms with Gasteiger partial charge in [0, 0.05) is 17.4 Å². The Hall–Kier alpha value is -2.71. The van der Waals surface area contributed by atoms with Crippen molar-refractivity contribution < 1.29 is 9.53 Å². The summed E-state index contributed by atoms with van der Waals surface area (Å²) in [4.78, 5) is 31.4. The molecule has 1 unspecified atom stereocenters. The Kier molecular flexibility index (Phi) is 6.91. The van der Waals surface area contributed by atoms with Crippen molar-refractivity contribution in [2.75, 3.05) is 17.7 Å². The third-order valence-corrected chi connectivity index (χ3v) is 7.11. The second kappa shape index (κ2) is 9.83. The molecule has 4 rings (SSSR count). The minimum atomic E-state index is -0.160. The van der Waals surface area contributed by atoms with E-state index in [1.165, 1.54) is 11.8 Å². The SMILES string of the molecule is CCOc1ccc(NC(=O)CSc2nc3c(c(=O)n2-c2ccc(C)cc2)SC(C)C3)cc1. The third-order valence-electron chi connectivity index (χ3n) is 4.95. The van der Waals surface area contributed by atoms with E-state index in [2.05, 4.69) is 12.2 Å². The normalized spacial score (nSPS) is 14.8. The van der Waals surface area contributed by atoms with E-state index < -0.39 is 0 Å². The molecule has 0 spiro atoms. The van der Waals surface area contributed by atoms with Gasteiger partial charge in [-0.05, 0) is 50.2 Å². The first kappa shape index (κ1) is 22.5. The molecule has 2 aromatic carbocycles. The Bertz CT molecular complexity index is 1170. The standard InChI is InChI=1S/C24H25N3O3S2/c1-4-30-19-11-7-17(8-12-19)25-21(28)14-31-24-26-20-13-16(3)32-22(20)23(29)27(24)18-9-5-15(2)6-10-18/h5-12,16H,4,13-14H2,1-3H3,(H,25,28). The van der Waals surface area contributed by atoms with Gasteiger partial charge >= 0.3 is 0 Å². The van der Waals surface area contributed by atoms with Crippen LogP contribution in [0.5, 0.6) is 5.75 Å². The summed E-state index contributed by atoms with van der Waals surface area (Å²) in [5, 5.41) is 3.74. The van der Waals surface area contributed by atoms with Crippen LogP contribution in [0.2, 0.25) is 0 Å². The van der Waals surface area contributed by atoms with Gasteiger partial charge in [0.15, 0.2) is 5.16 Å². The number of ether oxygens (including phenoxy) is 1. The molecule has 1 aliphatic heterocycles. The molecule has 1 amide bonds. The lowest BCUT2D eigenvalue weighted by Gasteiger charge is -2.14. The van der Waals surface area contributed by atoms with Gasteiger partial charge in [0.25, 0.3) is 5.56 Å². The number of carbonyl (C=O) groups is 1. The Morgan fingerprint density at radius 1 is 1.22 bits per heavy atom. The zero-order valence-corrected chi connectivity index (χ0v) is 19.9. The van der Waals surface area contributed by atoms with Crippen molar-refractivity contribution >= 4 is 35.1 Å². The van der Waals surface area contributed by atoms with Crippen LogP contribution in [0, 0.1) is 6.92 Å². The molecule has 1 aliphatic rings. The summed E-state index contributed by atoms with van der Waals surface area (Å²) in [5.74, 6) is 0.746. The van der Waals surface area contributed by atoms with Crippen LogP contribution in [-0.4, -0.2) is 33.1 Å². The van der Waals surface area contributed by atoms with Crippen LogP contribution in [0.1, 0.15) is 25.1 Å². The highest BCUT2D eigenvalue weighted by molar-refractivity contribution is 8.00. The highest BCUT2D eigenvalue weighted by atomic mass is 32.2. The average Bonchev–Trinajstić information content (AvgIpc) is 3.15. The lowest BCUT2D eigenvalue weighted by atomic mass is 10.2. The van der Waals surface area contributed by atoms with E-state index in [9.17, 15) is 9.59 Å². The van der Waals surface area contributed by atoms with Crippen LogP contribution in [0.3, 0.4) is 0 Å². The number of amides is 1. The first-order valence-electron chi connectivity index (χ1n) is 10.5. The maximum atomic E-state index is 13.3. The van der Waals surface area contributed by atoms with Gasteiger partial charge in [-0.2, -0.15) is 0 Å². The predicted molar refractivity (Wildman–Crippen MR) is 131 cm³/mol.